The number of hydrogen-bond donors (Lipinski definition) is 2. The topological polar surface area (TPSA) is 40.5 Å². The van der Waals surface area contributed by atoms with Gasteiger partial charge in [-0.15, -0.1) is 0 Å². The molecule has 4 rings (SSSR count). The Hall–Kier alpha value is -0.340. The lowest BCUT2D eigenvalue weighted by atomic mass is 9.44. The highest BCUT2D eigenvalue weighted by Crippen LogP contribution is 2.67. The molecular formula is C27H46O2. The zero-order chi connectivity index (χ0) is 21.0. The van der Waals surface area contributed by atoms with Gasteiger partial charge in [-0.05, 0) is 112 Å². The van der Waals surface area contributed by atoms with Gasteiger partial charge in [0.2, 0.25) is 0 Å². The van der Waals surface area contributed by atoms with Gasteiger partial charge in [-0.2, -0.15) is 0 Å². The SMILES string of the molecule is C/C(CCCC(C)C)=C1\CC[C@H]2[C@@H]3C[C@H](O)[C@H]4C[C@@H](O)CC[C@]4(C)[C@H]3CC[C@]12C. The average molecular weight is 403 g/mol. The van der Waals surface area contributed by atoms with E-state index >= 15 is 0 Å². The normalized spacial score (nSPS) is 48.8. The van der Waals surface area contributed by atoms with Gasteiger partial charge in [-0.1, -0.05) is 45.3 Å². The van der Waals surface area contributed by atoms with Crippen molar-refractivity contribution in [2.75, 3.05) is 0 Å². The van der Waals surface area contributed by atoms with E-state index in [1.807, 2.05) is 0 Å². The summed E-state index contributed by atoms with van der Waals surface area (Å²) < 4.78 is 0. The van der Waals surface area contributed by atoms with Crippen LogP contribution >= 0.6 is 0 Å². The molecule has 0 unspecified atom stereocenters. The fraction of sp³-hybridized carbons (Fsp3) is 0.926. The van der Waals surface area contributed by atoms with Gasteiger partial charge in [-0.25, -0.2) is 0 Å². The van der Waals surface area contributed by atoms with Crippen molar-refractivity contribution in [2.45, 2.75) is 117 Å². The number of allylic oxidation sites excluding steroid dienone is 2. The Morgan fingerprint density at radius 2 is 1.76 bits per heavy atom. The van der Waals surface area contributed by atoms with Crippen LogP contribution in [0.5, 0.6) is 0 Å². The lowest BCUT2D eigenvalue weighted by Crippen LogP contribution is -2.57. The number of rotatable bonds is 4. The van der Waals surface area contributed by atoms with E-state index in [2.05, 4.69) is 34.6 Å². The largest absolute Gasteiger partial charge is 0.393 e. The maximum absolute atomic E-state index is 11.2. The van der Waals surface area contributed by atoms with Crippen LogP contribution < -0.4 is 0 Å². The van der Waals surface area contributed by atoms with Crippen LogP contribution in [0.4, 0.5) is 0 Å². The monoisotopic (exact) mass is 402 g/mol. The molecule has 0 aromatic heterocycles. The summed E-state index contributed by atoms with van der Waals surface area (Å²) in [6.07, 6.45) is 12.7. The van der Waals surface area contributed by atoms with Crippen LogP contribution in [0.1, 0.15) is 105 Å². The third kappa shape index (κ3) is 3.65. The predicted molar refractivity (Wildman–Crippen MR) is 121 cm³/mol. The third-order valence-corrected chi connectivity index (χ3v) is 10.3. The quantitative estimate of drug-likeness (QED) is 0.527. The van der Waals surface area contributed by atoms with E-state index in [0.29, 0.717) is 17.3 Å². The fourth-order valence-electron chi connectivity index (χ4n) is 8.72. The molecule has 2 nitrogen and oxygen atoms in total. The third-order valence-electron chi connectivity index (χ3n) is 10.3. The van der Waals surface area contributed by atoms with Gasteiger partial charge in [0, 0.05) is 0 Å². The first kappa shape index (κ1) is 21.9. The molecule has 0 amide bonds. The van der Waals surface area contributed by atoms with Crippen LogP contribution in [0.15, 0.2) is 11.1 Å². The van der Waals surface area contributed by atoms with E-state index < -0.39 is 0 Å². The molecule has 166 valence electrons. The summed E-state index contributed by atoms with van der Waals surface area (Å²) in [4.78, 5) is 0. The predicted octanol–water partition coefficient (Wildman–Crippen LogP) is 6.50. The number of aliphatic hydroxyl groups excluding tert-OH is 2. The summed E-state index contributed by atoms with van der Waals surface area (Å²) in [5, 5.41) is 21.4. The first-order valence-electron chi connectivity index (χ1n) is 12.7. The number of fused-ring (bicyclic) bond motifs is 5. The standard InChI is InChI=1S/C27H46O2/c1-17(2)7-6-8-18(3)21-9-10-22-20-16-25(29)24-15-19(28)11-13-27(24,5)23(20)12-14-26(21,22)4/h17,19-20,22-25,28-29H,6-16H2,1-5H3/b21-18-/t19-,20-,22-,23-,24+,25-,26+,27+/m0/s1. The minimum Gasteiger partial charge on any atom is -0.393 e. The average Bonchev–Trinajstić information content (AvgIpc) is 3.00. The molecule has 0 aromatic carbocycles. The van der Waals surface area contributed by atoms with Gasteiger partial charge in [0.05, 0.1) is 12.2 Å². The molecule has 4 aliphatic carbocycles. The van der Waals surface area contributed by atoms with Gasteiger partial charge in [0.1, 0.15) is 0 Å². The summed E-state index contributed by atoms with van der Waals surface area (Å²) in [5.41, 5.74) is 4.10. The van der Waals surface area contributed by atoms with Crippen molar-refractivity contribution in [3.63, 3.8) is 0 Å². The lowest BCUT2D eigenvalue weighted by molar-refractivity contribution is -0.164. The molecule has 0 aliphatic heterocycles. The molecule has 2 N–H and O–H groups in total. The summed E-state index contributed by atoms with van der Waals surface area (Å²) >= 11 is 0. The Kier molecular flexibility index (Phi) is 6.01. The van der Waals surface area contributed by atoms with Crippen molar-refractivity contribution in [1.82, 2.24) is 0 Å². The maximum atomic E-state index is 11.2. The molecule has 29 heavy (non-hydrogen) atoms. The Labute approximate surface area is 179 Å². The first-order valence-corrected chi connectivity index (χ1v) is 12.7. The van der Waals surface area contributed by atoms with E-state index in [4.69, 9.17) is 0 Å². The summed E-state index contributed by atoms with van der Waals surface area (Å²) in [7, 11) is 0. The first-order chi connectivity index (χ1) is 13.7. The second kappa shape index (κ2) is 7.97. The molecule has 0 spiro atoms. The van der Waals surface area contributed by atoms with Gasteiger partial charge < -0.3 is 10.2 Å². The van der Waals surface area contributed by atoms with Gasteiger partial charge >= 0.3 is 0 Å². The number of aliphatic hydroxyl groups is 2. The lowest BCUT2D eigenvalue weighted by Gasteiger charge is -2.61. The molecule has 4 saturated carbocycles. The van der Waals surface area contributed by atoms with Gasteiger partial charge in [0.15, 0.2) is 0 Å². The van der Waals surface area contributed by atoms with Crippen LogP contribution in [0.2, 0.25) is 0 Å². The highest BCUT2D eigenvalue weighted by atomic mass is 16.3. The van der Waals surface area contributed by atoms with Gasteiger partial charge in [-0.3, -0.25) is 0 Å². The Balaban J connectivity index is 1.55. The highest BCUT2D eigenvalue weighted by Gasteiger charge is 2.61. The molecule has 0 bridgehead atoms. The Morgan fingerprint density at radius 1 is 1.00 bits per heavy atom. The molecule has 0 radical (unpaired) electrons. The molecule has 4 fully saturated rings. The highest BCUT2D eigenvalue weighted by molar-refractivity contribution is 5.28. The maximum Gasteiger partial charge on any atom is 0.0577 e. The van der Waals surface area contributed by atoms with E-state index in [1.165, 1.54) is 44.9 Å². The minimum atomic E-state index is -0.210. The van der Waals surface area contributed by atoms with Gasteiger partial charge in [0.25, 0.3) is 0 Å². The van der Waals surface area contributed by atoms with E-state index in [1.54, 1.807) is 11.1 Å². The molecule has 8 atom stereocenters. The van der Waals surface area contributed by atoms with Crippen molar-refractivity contribution in [3.8, 4) is 0 Å². The Morgan fingerprint density at radius 3 is 2.48 bits per heavy atom. The fourth-order valence-corrected chi connectivity index (χ4v) is 8.72. The van der Waals surface area contributed by atoms with Crippen molar-refractivity contribution in [3.05, 3.63) is 11.1 Å². The summed E-state index contributed by atoms with van der Waals surface area (Å²) in [5.74, 6) is 3.31. The second-order valence-corrected chi connectivity index (χ2v) is 12.3. The molecule has 4 aliphatic rings. The smallest absolute Gasteiger partial charge is 0.0577 e. The van der Waals surface area contributed by atoms with Crippen molar-refractivity contribution in [2.24, 2.45) is 40.4 Å². The van der Waals surface area contributed by atoms with Crippen LogP contribution in [0.3, 0.4) is 0 Å². The van der Waals surface area contributed by atoms with Crippen molar-refractivity contribution in [1.29, 1.82) is 0 Å². The van der Waals surface area contributed by atoms with E-state index in [-0.39, 0.29) is 17.6 Å². The molecule has 0 heterocycles. The minimum absolute atomic E-state index is 0.192. The molecular weight excluding hydrogens is 356 g/mol. The van der Waals surface area contributed by atoms with Crippen LogP contribution in [0, 0.1) is 40.4 Å². The molecule has 0 aromatic rings. The van der Waals surface area contributed by atoms with E-state index in [9.17, 15) is 10.2 Å². The molecule has 2 heteroatoms. The Bertz CT molecular complexity index is 636. The van der Waals surface area contributed by atoms with Crippen LogP contribution in [-0.4, -0.2) is 22.4 Å². The number of hydrogen-bond acceptors (Lipinski definition) is 2. The second-order valence-electron chi connectivity index (χ2n) is 12.3. The zero-order valence-corrected chi connectivity index (χ0v) is 19.7. The van der Waals surface area contributed by atoms with Crippen LogP contribution in [0.25, 0.3) is 0 Å². The van der Waals surface area contributed by atoms with E-state index in [0.717, 1.165) is 43.4 Å². The summed E-state index contributed by atoms with van der Waals surface area (Å²) in [6, 6.07) is 0. The zero-order valence-electron chi connectivity index (χ0n) is 19.7. The van der Waals surface area contributed by atoms with Crippen molar-refractivity contribution >= 4 is 0 Å². The van der Waals surface area contributed by atoms with Crippen LogP contribution in [-0.2, 0) is 0 Å². The summed E-state index contributed by atoms with van der Waals surface area (Å²) in [6.45, 7) is 12.1. The molecule has 0 saturated heterocycles. The van der Waals surface area contributed by atoms with Crippen molar-refractivity contribution < 1.29 is 10.2 Å².